The summed E-state index contributed by atoms with van der Waals surface area (Å²) in [5.41, 5.74) is 1.22. The lowest BCUT2D eigenvalue weighted by Crippen LogP contribution is -2.53. The molecule has 198 valence electrons. The number of benzene rings is 2. The molecular weight excluding hydrogens is 482 g/mol. The number of nitrogens with one attached hydrogen (secondary N) is 1. The quantitative estimate of drug-likeness (QED) is 0.412. The second-order valence-corrected chi connectivity index (χ2v) is 10.3. The van der Waals surface area contributed by atoms with Crippen LogP contribution in [-0.4, -0.2) is 71.3 Å². The van der Waals surface area contributed by atoms with Crippen LogP contribution in [0.3, 0.4) is 0 Å². The molecule has 0 unspecified atom stereocenters. The molecule has 2 aromatic carbocycles. The van der Waals surface area contributed by atoms with E-state index in [-0.39, 0.29) is 23.9 Å². The summed E-state index contributed by atoms with van der Waals surface area (Å²) < 4.78 is 37.2. The van der Waals surface area contributed by atoms with Gasteiger partial charge >= 0.3 is 0 Å². The zero-order chi connectivity index (χ0) is 26.7. The number of carbonyl (C=O) groups excluding carboxylic acids is 2. The number of rotatable bonds is 14. The van der Waals surface area contributed by atoms with Crippen LogP contribution >= 0.6 is 0 Å². The molecular formula is C26H37N3O6S. The molecule has 0 aliphatic heterocycles. The van der Waals surface area contributed by atoms with Crippen molar-refractivity contribution in [3.05, 3.63) is 54.1 Å². The van der Waals surface area contributed by atoms with E-state index in [9.17, 15) is 18.0 Å². The van der Waals surface area contributed by atoms with Crippen molar-refractivity contribution in [2.24, 2.45) is 0 Å². The van der Waals surface area contributed by atoms with Crippen molar-refractivity contribution in [2.75, 3.05) is 44.4 Å². The van der Waals surface area contributed by atoms with Crippen LogP contribution in [-0.2, 0) is 26.0 Å². The first-order valence-electron chi connectivity index (χ1n) is 12.0. The van der Waals surface area contributed by atoms with Crippen molar-refractivity contribution >= 4 is 27.5 Å². The molecule has 0 aromatic heterocycles. The van der Waals surface area contributed by atoms with E-state index in [1.807, 2.05) is 44.2 Å². The van der Waals surface area contributed by atoms with Crippen molar-refractivity contribution < 1.29 is 27.5 Å². The fourth-order valence-corrected chi connectivity index (χ4v) is 4.70. The topological polar surface area (TPSA) is 105 Å². The van der Waals surface area contributed by atoms with Gasteiger partial charge in [0, 0.05) is 19.2 Å². The van der Waals surface area contributed by atoms with Gasteiger partial charge in [-0.1, -0.05) is 44.2 Å². The van der Waals surface area contributed by atoms with E-state index in [2.05, 4.69) is 5.32 Å². The van der Waals surface area contributed by atoms with E-state index < -0.39 is 28.5 Å². The van der Waals surface area contributed by atoms with Gasteiger partial charge in [-0.2, -0.15) is 0 Å². The van der Waals surface area contributed by atoms with Gasteiger partial charge in [-0.15, -0.1) is 0 Å². The number of anilines is 1. The highest BCUT2D eigenvalue weighted by atomic mass is 32.2. The largest absolute Gasteiger partial charge is 0.497 e. The van der Waals surface area contributed by atoms with Crippen LogP contribution in [0.5, 0.6) is 11.5 Å². The van der Waals surface area contributed by atoms with Gasteiger partial charge < -0.3 is 19.7 Å². The molecule has 10 heteroatoms. The van der Waals surface area contributed by atoms with Crippen LogP contribution in [0.25, 0.3) is 0 Å². The van der Waals surface area contributed by atoms with E-state index >= 15 is 0 Å². The molecule has 0 spiro atoms. The Balaban J connectivity index is 2.42. The van der Waals surface area contributed by atoms with Crippen LogP contribution in [0, 0.1) is 0 Å². The van der Waals surface area contributed by atoms with Gasteiger partial charge in [0.25, 0.3) is 0 Å². The number of methoxy groups -OCH3 is 2. The number of nitrogens with zero attached hydrogens (tertiary/aromatic N) is 2. The summed E-state index contributed by atoms with van der Waals surface area (Å²) >= 11 is 0. The lowest BCUT2D eigenvalue weighted by atomic mass is 10.1. The van der Waals surface area contributed by atoms with Gasteiger partial charge in [0.05, 0.1) is 26.2 Å². The van der Waals surface area contributed by atoms with E-state index in [4.69, 9.17) is 9.47 Å². The second kappa shape index (κ2) is 13.7. The summed E-state index contributed by atoms with van der Waals surface area (Å²) in [6, 6.07) is 13.6. The molecule has 9 nitrogen and oxygen atoms in total. The Labute approximate surface area is 214 Å². The maximum absolute atomic E-state index is 13.7. The Morgan fingerprint density at radius 3 is 2.28 bits per heavy atom. The smallest absolute Gasteiger partial charge is 0.244 e. The van der Waals surface area contributed by atoms with E-state index in [0.717, 1.165) is 22.5 Å². The van der Waals surface area contributed by atoms with E-state index in [1.165, 1.54) is 25.2 Å². The Bertz CT molecular complexity index is 1110. The number of ether oxygens (including phenoxy) is 2. The summed E-state index contributed by atoms with van der Waals surface area (Å²) in [4.78, 5) is 28.1. The average molecular weight is 520 g/mol. The van der Waals surface area contributed by atoms with Crippen molar-refractivity contribution in [3.8, 4) is 11.5 Å². The molecule has 0 fully saturated rings. The van der Waals surface area contributed by atoms with Crippen molar-refractivity contribution in [1.29, 1.82) is 0 Å². The third-order valence-electron chi connectivity index (χ3n) is 5.75. The Morgan fingerprint density at radius 1 is 1.03 bits per heavy atom. The highest BCUT2D eigenvalue weighted by molar-refractivity contribution is 7.92. The Morgan fingerprint density at radius 2 is 1.72 bits per heavy atom. The van der Waals surface area contributed by atoms with Gasteiger partial charge in [0.2, 0.25) is 21.8 Å². The molecule has 1 atom stereocenters. The standard InChI is InChI=1S/C26H37N3O6S/c1-6-16-27-26(31)22(7-2)28(17-15-20-11-9-8-10-12-20)25(30)19-29(36(5,32)33)23-14-13-21(34-3)18-24(23)35-4/h8-14,18,22H,6-7,15-17,19H2,1-5H3,(H,27,31)/t22-/m0/s1. The first kappa shape index (κ1) is 29.0. The maximum atomic E-state index is 13.7. The SMILES string of the molecule is CCCNC(=O)[C@H](CC)N(CCc1ccccc1)C(=O)CN(c1ccc(OC)cc1OC)S(C)(=O)=O. The zero-order valence-electron chi connectivity index (χ0n) is 21.7. The second-order valence-electron chi connectivity index (χ2n) is 8.35. The molecule has 36 heavy (non-hydrogen) atoms. The van der Waals surface area contributed by atoms with Crippen molar-refractivity contribution in [3.63, 3.8) is 0 Å². The third kappa shape index (κ3) is 7.87. The fourth-order valence-electron chi connectivity index (χ4n) is 3.85. The Kier molecular flexibility index (Phi) is 11.0. The molecule has 1 N–H and O–H groups in total. The molecule has 0 aliphatic carbocycles. The van der Waals surface area contributed by atoms with E-state index in [0.29, 0.717) is 25.1 Å². The van der Waals surface area contributed by atoms with Gasteiger partial charge in [0.15, 0.2) is 0 Å². The van der Waals surface area contributed by atoms with Gasteiger partial charge in [0.1, 0.15) is 24.1 Å². The number of hydrogen-bond acceptors (Lipinski definition) is 6. The van der Waals surface area contributed by atoms with Gasteiger partial charge in [-0.25, -0.2) is 8.42 Å². The summed E-state index contributed by atoms with van der Waals surface area (Å²) in [7, 11) is -0.962. The normalized spacial score (nSPS) is 11.9. The number of sulfonamides is 1. The number of amides is 2. The van der Waals surface area contributed by atoms with Gasteiger partial charge in [-0.3, -0.25) is 13.9 Å². The van der Waals surface area contributed by atoms with Crippen molar-refractivity contribution in [2.45, 2.75) is 39.2 Å². The lowest BCUT2D eigenvalue weighted by Gasteiger charge is -2.33. The monoisotopic (exact) mass is 519 g/mol. The first-order chi connectivity index (χ1) is 17.2. The van der Waals surface area contributed by atoms with Crippen LogP contribution in [0.15, 0.2) is 48.5 Å². The number of carbonyl (C=O) groups is 2. The average Bonchev–Trinajstić information content (AvgIpc) is 2.87. The molecule has 0 bridgehead atoms. The van der Waals surface area contributed by atoms with Crippen LogP contribution in [0.1, 0.15) is 32.3 Å². The molecule has 0 saturated heterocycles. The molecule has 2 rings (SSSR count). The predicted molar refractivity (Wildman–Crippen MR) is 141 cm³/mol. The minimum absolute atomic E-state index is 0.209. The summed E-state index contributed by atoms with van der Waals surface area (Å²) in [6.45, 7) is 4.06. The molecule has 0 heterocycles. The lowest BCUT2D eigenvalue weighted by molar-refractivity contribution is -0.139. The third-order valence-corrected chi connectivity index (χ3v) is 6.88. The molecule has 2 amide bonds. The summed E-state index contributed by atoms with van der Waals surface area (Å²) in [6.07, 6.45) is 2.71. The molecule has 0 aliphatic rings. The van der Waals surface area contributed by atoms with Crippen LogP contribution in [0.4, 0.5) is 5.69 Å². The fraction of sp³-hybridized carbons (Fsp3) is 0.462. The van der Waals surface area contributed by atoms with Crippen molar-refractivity contribution in [1.82, 2.24) is 10.2 Å². The maximum Gasteiger partial charge on any atom is 0.244 e. The van der Waals surface area contributed by atoms with Gasteiger partial charge in [-0.05, 0) is 37.0 Å². The Hall–Kier alpha value is -3.27. The zero-order valence-corrected chi connectivity index (χ0v) is 22.5. The van der Waals surface area contributed by atoms with E-state index in [1.54, 1.807) is 12.1 Å². The molecule has 0 radical (unpaired) electrons. The summed E-state index contributed by atoms with van der Waals surface area (Å²) in [5.74, 6) is -0.00364. The number of hydrogen-bond donors (Lipinski definition) is 1. The highest BCUT2D eigenvalue weighted by Gasteiger charge is 2.32. The highest BCUT2D eigenvalue weighted by Crippen LogP contribution is 2.33. The minimum Gasteiger partial charge on any atom is -0.497 e. The minimum atomic E-state index is -3.87. The van der Waals surface area contributed by atoms with Crippen LogP contribution < -0.4 is 19.1 Å². The first-order valence-corrected chi connectivity index (χ1v) is 13.8. The molecule has 2 aromatic rings. The summed E-state index contributed by atoms with van der Waals surface area (Å²) in [5, 5.41) is 2.86. The molecule has 0 saturated carbocycles. The predicted octanol–water partition coefficient (Wildman–Crippen LogP) is 2.85. The van der Waals surface area contributed by atoms with Crippen LogP contribution in [0.2, 0.25) is 0 Å².